The van der Waals surface area contributed by atoms with Crippen LogP contribution in [0.1, 0.15) is 11.4 Å². The zero-order valence-electron chi connectivity index (χ0n) is 7.74. The van der Waals surface area contributed by atoms with Crippen molar-refractivity contribution >= 4 is 13.1 Å². The molecule has 2 heterocycles. The average molecular weight is 207 g/mol. The quantitative estimate of drug-likeness (QED) is 0.571. The number of rotatable bonds is 3. The van der Waals surface area contributed by atoms with Gasteiger partial charge in [0.15, 0.2) is 0 Å². The van der Waals surface area contributed by atoms with Crippen LogP contribution in [0.2, 0.25) is 0 Å². The SMILES string of the molecule is N=C(c1ccc[nH]1)c1cccn1B(F)F. The first-order chi connectivity index (χ1) is 7.20. The lowest BCUT2D eigenvalue weighted by molar-refractivity contribution is 0.629. The minimum absolute atomic E-state index is 0.0605. The summed E-state index contributed by atoms with van der Waals surface area (Å²) in [5.41, 5.74) is 0.786. The second-order valence-electron chi connectivity index (χ2n) is 3.04. The Labute approximate surface area is 85.4 Å². The molecule has 0 radical (unpaired) electrons. The number of aromatic nitrogens is 2. The molecule has 15 heavy (non-hydrogen) atoms. The van der Waals surface area contributed by atoms with Crippen molar-refractivity contribution in [1.29, 1.82) is 5.41 Å². The van der Waals surface area contributed by atoms with Gasteiger partial charge in [-0.25, -0.2) is 0 Å². The number of nitrogens with zero attached hydrogens (tertiary/aromatic N) is 1. The van der Waals surface area contributed by atoms with Gasteiger partial charge < -0.3 is 9.46 Å². The summed E-state index contributed by atoms with van der Waals surface area (Å²) in [5.74, 6) is 0. The Kier molecular flexibility index (Phi) is 2.41. The second kappa shape index (κ2) is 3.72. The van der Waals surface area contributed by atoms with E-state index in [0.717, 1.165) is 4.48 Å². The molecule has 2 aromatic rings. The second-order valence-corrected chi connectivity index (χ2v) is 3.04. The fraction of sp³-hybridized carbons (Fsp3) is 0. The van der Waals surface area contributed by atoms with Crippen molar-refractivity contribution in [2.24, 2.45) is 0 Å². The normalized spacial score (nSPS) is 10.3. The molecule has 0 atom stereocenters. The van der Waals surface area contributed by atoms with E-state index in [9.17, 15) is 8.63 Å². The van der Waals surface area contributed by atoms with Gasteiger partial charge in [-0.05, 0) is 30.5 Å². The van der Waals surface area contributed by atoms with Gasteiger partial charge in [0.1, 0.15) is 5.71 Å². The monoisotopic (exact) mass is 207 g/mol. The highest BCUT2D eigenvalue weighted by molar-refractivity contribution is 6.42. The summed E-state index contributed by atoms with van der Waals surface area (Å²) in [6.45, 7) is 0. The molecule has 0 amide bonds. The molecule has 0 bridgehead atoms. The molecule has 0 aromatic carbocycles. The molecule has 0 saturated heterocycles. The van der Waals surface area contributed by atoms with Crippen LogP contribution in [-0.2, 0) is 0 Å². The van der Waals surface area contributed by atoms with Crippen LogP contribution in [0.15, 0.2) is 36.7 Å². The lowest BCUT2D eigenvalue weighted by Gasteiger charge is -2.05. The van der Waals surface area contributed by atoms with Gasteiger partial charge in [0.05, 0.1) is 11.4 Å². The van der Waals surface area contributed by atoms with Crippen molar-refractivity contribution in [2.75, 3.05) is 0 Å². The number of hydrogen-bond acceptors (Lipinski definition) is 1. The molecule has 2 N–H and O–H groups in total. The molecular formula is C9H8BF2N3. The van der Waals surface area contributed by atoms with Gasteiger partial charge in [-0.3, -0.25) is 14.0 Å². The molecule has 0 unspecified atom stereocenters. The van der Waals surface area contributed by atoms with E-state index >= 15 is 0 Å². The Morgan fingerprint density at radius 1 is 1.33 bits per heavy atom. The number of aromatic amines is 1. The predicted octanol–water partition coefficient (Wildman–Crippen LogP) is 2.00. The number of H-pyrrole nitrogens is 1. The minimum Gasteiger partial charge on any atom is -0.360 e. The minimum atomic E-state index is -2.62. The van der Waals surface area contributed by atoms with Crippen LogP contribution < -0.4 is 0 Å². The maximum Gasteiger partial charge on any atom is 0.677 e. The van der Waals surface area contributed by atoms with Crippen molar-refractivity contribution < 1.29 is 8.63 Å². The van der Waals surface area contributed by atoms with E-state index in [2.05, 4.69) is 4.98 Å². The van der Waals surface area contributed by atoms with Gasteiger partial charge in [0.2, 0.25) is 0 Å². The smallest absolute Gasteiger partial charge is 0.360 e. The molecule has 0 aliphatic rings. The highest BCUT2D eigenvalue weighted by atomic mass is 19.2. The highest BCUT2D eigenvalue weighted by Crippen LogP contribution is 2.10. The molecule has 0 aliphatic heterocycles. The standard InChI is InChI=1S/C9H8BF2N3/c11-10(12)15-6-2-4-8(15)9(13)7-3-1-5-14-7/h1-6,13-14H. The van der Waals surface area contributed by atoms with Crippen molar-refractivity contribution in [1.82, 2.24) is 9.46 Å². The highest BCUT2D eigenvalue weighted by Gasteiger charge is 2.21. The lowest BCUT2D eigenvalue weighted by Crippen LogP contribution is -2.18. The first-order valence-electron chi connectivity index (χ1n) is 4.38. The predicted molar refractivity (Wildman–Crippen MR) is 54.5 cm³/mol. The molecule has 6 heteroatoms. The first kappa shape index (κ1) is 9.70. The van der Waals surface area contributed by atoms with Crippen LogP contribution in [-0.4, -0.2) is 22.6 Å². The molecule has 0 spiro atoms. The van der Waals surface area contributed by atoms with Crippen LogP contribution >= 0.6 is 0 Å². The summed E-state index contributed by atoms with van der Waals surface area (Å²) in [6.07, 6.45) is 2.91. The van der Waals surface area contributed by atoms with Crippen LogP contribution in [0, 0.1) is 5.41 Å². The van der Waals surface area contributed by atoms with Crippen molar-refractivity contribution in [3.8, 4) is 0 Å². The molecule has 2 aromatic heterocycles. The van der Waals surface area contributed by atoms with Gasteiger partial charge in [-0.15, -0.1) is 0 Å². The van der Waals surface area contributed by atoms with Crippen LogP contribution in [0.3, 0.4) is 0 Å². The van der Waals surface area contributed by atoms with E-state index < -0.39 is 7.40 Å². The van der Waals surface area contributed by atoms with E-state index in [4.69, 9.17) is 5.41 Å². The van der Waals surface area contributed by atoms with Crippen molar-refractivity contribution in [3.05, 3.63) is 48.0 Å². The van der Waals surface area contributed by atoms with Crippen LogP contribution in [0.4, 0.5) is 8.63 Å². The van der Waals surface area contributed by atoms with E-state index in [1.54, 1.807) is 18.3 Å². The molecule has 2 rings (SSSR count). The van der Waals surface area contributed by atoms with E-state index in [-0.39, 0.29) is 11.4 Å². The molecular weight excluding hydrogens is 199 g/mol. The van der Waals surface area contributed by atoms with Gasteiger partial charge in [-0.2, -0.15) is 0 Å². The summed E-state index contributed by atoms with van der Waals surface area (Å²) >= 11 is 0. The maximum absolute atomic E-state index is 12.5. The number of nitrogens with one attached hydrogen (secondary N) is 2. The summed E-state index contributed by atoms with van der Waals surface area (Å²) in [4.78, 5) is 2.81. The van der Waals surface area contributed by atoms with Gasteiger partial charge >= 0.3 is 7.40 Å². The molecule has 0 saturated carbocycles. The van der Waals surface area contributed by atoms with Crippen LogP contribution in [0.5, 0.6) is 0 Å². The van der Waals surface area contributed by atoms with Crippen LogP contribution in [0.25, 0.3) is 0 Å². The van der Waals surface area contributed by atoms with E-state index in [1.807, 2.05) is 0 Å². The van der Waals surface area contributed by atoms with Gasteiger partial charge in [0, 0.05) is 6.20 Å². The Bertz CT molecular complexity index is 461. The average Bonchev–Trinajstić information content (AvgIpc) is 2.88. The Morgan fingerprint density at radius 3 is 2.73 bits per heavy atom. The molecule has 0 fully saturated rings. The Balaban J connectivity index is 2.38. The van der Waals surface area contributed by atoms with Gasteiger partial charge in [-0.1, -0.05) is 0 Å². The number of halogens is 2. The summed E-state index contributed by atoms with van der Waals surface area (Å²) in [5, 5.41) is 7.75. The molecule has 76 valence electrons. The number of hydrogen-bond donors (Lipinski definition) is 2. The molecule has 3 nitrogen and oxygen atoms in total. The largest absolute Gasteiger partial charge is 0.677 e. The summed E-state index contributed by atoms with van der Waals surface area (Å²) in [7, 11) is -2.62. The van der Waals surface area contributed by atoms with E-state index in [1.165, 1.54) is 18.3 Å². The topological polar surface area (TPSA) is 44.6 Å². The summed E-state index contributed by atoms with van der Waals surface area (Å²) < 4.78 is 25.8. The zero-order valence-corrected chi connectivity index (χ0v) is 7.74. The van der Waals surface area contributed by atoms with Gasteiger partial charge in [0.25, 0.3) is 0 Å². The fourth-order valence-corrected chi connectivity index (χ4v) is 1.40. The van der Waals surface area contributed by atoms with E-state index in [0.29, 0.717) is 5.69 Å². The molecule has 0 aliphatic carbocycles. The maximum atomic E-state index is 12.5. The third kappa shape index (κ3) is 1.70. The van der Waals surface area contributed by atoms with Crippen molar-refractivity contribution in [3.63, 3.8) is 0 Å². The Morgan fingerprint density at radius 2 is 2.13 bits per heavy atom. The summed E-state index contributed by atoms with van der Waals surface area (Å²) in [6, 6.07) is 6.39. The Hall–Kier alpha value is -1.85. The first-order valence-corrected chi connectivity index (χ1v) is 4.38. The lowest BCUT2D eigenvalue weighted by atomic mass is 10.1. The zero-order chi connectivity index (χ0) is 10.8. The fourth-order valence-electron chi connectivity index (χ4n) is 1.40. The third-order valence-corrected chi connectivity index (χ3v) is 2.11. The third-order valence-electron chi connectivity index (χ3n) is 2.11. The van der Waals surface area contributed by atoms with Crippen molar-refractivity contribution in [2.45, 2.75) is 0 Å².